The monoisotopic (exact) mass is 285 g/mol. The topological polar surface area (TPSA) is 47.0 Å². The zero-order chi connectivity index (χ0) is 15.2. The molecule has 0 spiro atoms. The molecule has 0 saturated heterocycles. The van der Waals surface area contributed by atoms with Gasteiger partial charge in [0.15, 0.2) is 0 Å². The first-order chi connectivity index (χ1) is 10.1. The number of aromatic nitrogens is 2. The van der Waals surface area contributed by atoms with E-state index in [2.05, 4.69) is 54.3 Å². The fourth-order valence-corrected chi connectivity index (χ4v) is 2.22. The first-order valence-electron chi connectivity index (χ1n) is 7.28. The molecule has 1 aromatic heterocycles. The fraction of sp³-hybridized carbons (Fsp3) is 0.412. The Morgan fingerprint density at radius 3 is 2.57 bits per heavy atom. The summed E-state index contributed by atoms with van der Waals surface area (Å²) in [5.41, 5.74) is 4.74. The number of ether oxygens (including phenoxy) is 1. The second-order valence-corrected chi connectivity index (χ2v) is 5.22. The molecule has 0 fully saturated rings. The van der Waals surface area contributed by atoms with Crippen molar-refractivity contribution in [1.29, 1.82) is 0 Å². The minimum absolute atomic E-state index is 0.501. The molecule has 0 aliphatic carbocycles. The van der Waals surface area contributed by atoms with Crippen LogP contribution < -0.4 is 5.32 Å². The smallest absolute Gasteiger partial charge is 0.135 e. The van der Waals surface area contributed by atoms with Crippen LogP contribution in [0.5, 0.6) is 0 Å². The molecule has 21 heavy (non-hydrogen) atoms. The molecule has 1 aromatic carbocycles. The lowest BCUT2D eigenvalue weighted by Gasteiger charge is -2.09. The standard InChI is InChI=1S/C17H23N3O/c1-5-18-16-10-15(11-21-4)19-17(20-16)9-14-7-6-12(2)13(3)8-14/h6-8,10H,5,9,11H2,1-4H3,(H,18,19,20). The second kappa shape index (κ2) is 7.18. The highest BCUT2D eigenvalue weighted by molar-refractivity contribution is 5.37. The van der Waals surface area contributed by atoms with Crippen LogP contribution in [0.4, 0.5) is 5.82 Å². The molecule has 0 saturated carbocycles. The first-order valence-corrected chi connectivity index (χ1v) is 7.28. The highest BCUT2D eigenvalue weighted by Crippen LogP contribution is 2.15. The van der Waals surface area contributed by atoms with E-state index < -0.39 is 0 Å². The van der Waals surface area contributed by atoms with Gasteiger partial charge in [0.1, 0.15) is 11.6 Å². The van der Waals surface area contributed by atoms with Crippen LogP contribution in [0.3, 0.4) is 0 Å². The molecule has 1 N–H and O–H groups in total. The molecule has 0 aliphatic rings. The minimum Gasteiger partial charge on any atom is -0.378 e. The number of nitrogens with one attached hydrogen (secondary N) is 1. The predicted molar refractivity (Wildman–Crippen MR) is 85.6 cm³/mol. The quantitative estimate of drug-likeness (QED) is 0.885. The Kier molecular flexibility index (Phi) is 5.28. The van der Waals surface area contributed by atoms with Crippen LogP contribution in [0.1, 0.15) is 35.1 Å². The van der Waals surface area contributed by atoms with Crippen molar-refractivity contribution in [2.75, 3.05) is 19.0 Å². The molecule has 0 radical (unpaired) electrons. The van der Waals surface area contributed by atoms with Crippen molar-refractivity contribution in [3.63, 3.8) is 0 Å². The summed E-state index contributed by atoms with van der Waals surface area (Å²) in [7, 11) is 1.68. The number of rotatable bonds is 6. The van der Waals surface area contributed by atoms with Gasteiger partial charge in [0.25, 0.3) is 0 Å². The predicted octanol–water partition coefficient (Wildman–Crippen LogP) is 3.26. The van der Waals surface area contributed by atoms with E-state index >= 15 is 0 Å². The van der Waals surface area contributed by atoms with Gasteiger partial charge in [-0.3, -0.25) is 0 Å². The highest BCUT2D eigenvalue weighted by atomic mass is 16.5. The molecule has 0 amide bonds. The third kappa shape index (κ3) is 4.26. The van der Waals surface area contributed by atoms with E-state index in [1.807, 2.05) is 6.07 Å². The van der Waals surface area contributed by atoms with Crippen LogP contribution >= 0.6 is 0 Å². The average Bonchev–Trinajstić information content (AvgIpc) is 2.43. The molecular weight excluding hydrogens is 262 g/mol. The lowest BCUT2D eigenvalue weighted by Crippen LogP contribution is -2.07. The first kappa shape index (κ1) is 15.4. The summed E-state index contributed by atoms with van der Waals surface area (Å²) in [5, 5.41) is 3.25. The third-order valence-electron chi connectivity index (χ3n) is 3.41. The van der Waals surface area contributed by atoms with Gasteiger partial charge in [0, 0.05) is 26.1 Å². The maximum Gasteiger partial charge on any atom is 0.135 e. The Bertz CT molecular complexity index is 587. The maximum atomic E-state index is 5.18. The Morgan fingerprint density at radius 1 is 1.10 bits per heavy atom. The Balaban J connectivity index is 2.26. The molecule has 2 aromatic rings. The zero-order valence-electron chi connectivity index (χ0n) is 13.2. The van der Waals surface area contributed by atoms with Gasteiger partial charge in [0.2, 0.25) is 0 Å². The normalized spacial score (nSPS) is 10.7. The number of anilines is 1. The summed E-state index contributed by atoms with van der Waals surface area (Å²) in [6.45, 7) is 7.65. The summed E-state index contributed by atoms with van der Waals surface area (Å²) in [4.78, 5) is 9.15. The van der Waals surface area contributed by atoms with Crippen molar-refractivity contribution in [2.24, 2.45) is 0 Å². The molecule has 112 valence electrons. The molecule has 0 unspecified atom stereocenters. The van der Waals surface area contributed by atoms with E-state index in [0.717, 1.165) is 30.3 Å². The van der Waals surface area contributed by atoms with Crippen LogP contribution in [-0.4, -0.2) is 23.6 Å². The van der Waals surface area contributed by atoms with Crippen molar-refractivity contribution in [2.45, 2.75) is 33.8 Å². The highest BCUT2D eigenvalue weighted by Gasteiger charge is 2.06. The van der Waals surface area contributed by atoms with Crippen molar-refractivity contribution in [3.8, 4) is 0 Å². The number of methoxy groups -OCH3 is 1. The number of hydrogen-bond acceptors (Lipinski definition) is 4. The van der Waals surface area contributed by atoms with E-state index in [9.17, 15) is 0 Å². The second-order valence-electron chi connectivity index (χ2n) is 5.22. The van der Waals surface area contributed by atoms with Crippen molar-refractivity contribution >= 4 is 5.82 Å². The molecular formula is C17H23N3O. The number of benzene rings is 1. The van der Waals surface area contributed by atoms with Gasteiger partial charge in [-0.25, -0.2) is 9.97 Å². The average molecular weight is 285 g/mol. The summed E-state index contributed by atoms with van der Waals surface area (Å²) >= 11 is 0. The molecule has 1 heterocycles. The van der Waals surface area contributed by atoms with Crippen LogP contribution in [0.2, 0.25) is 0 Å². The molecule has 2 rings (SSSR count). The van der Waals surface area contributed by atoms with Crippen molar-refractivity contribution in [3.05, 3.63) is 52.5 Å². The van der Waals surface area contributed by atoms with E-state index in [1.165, 1.54) is 16.7 Å². The summed E-state index contributed by atoms with van der Waals surface area (Å²) in [6.07, 6.45) is 0.733. The Morgan fingerprint density at radius 2 is 1.90 bits per heavy atom. The van der Waals surface area contributed by atoms with Crippen LogP contribution in [0, 0.1) is 13.8 Å². The zero-order valence-corrected chi connectivity index (χ0v) is 13.2. The van der Waals surface area contributed by atoms with Gasteiger partial charge in [-0.05, 0) is 37.5 Å². The molecule has 0 bridgehead atoms. The van der Waals surface area contributed by atoms with Crippen LogP contribution in [0.15, 0.2) is 24.3 Å². The molecule has 4 nitrogen and oxygen atoms in total. The van der Waals surface area contributed by atoms with Crippen molar-refractivity contribution < 1.29 is 4.74 Å². The minimum atomic E-state index is 0.501. The number of hydrogen-bond donors (Lipinski definition) is 1. The van der Waals surface area contributed by atoms with E-state index in [0.29, 0.717) is 6.61 Å². The molecule has 4 heteroatoms. The maximum absolute atomic E-state index is 5.18. The van der Waals surface area contributed by atoms with Gasteiger partial charge < -0.3 is 10.1 Å². The Labute approximate surface area is 126 Å². The molecule has 0 aliphatic heterocycles. The number of nitrogens with zero attached hydrogens (tertiary/aromatic N) is 2. The van der Waals surface area contributed by atoms with Crippen LogP contribution in [0.25, 0.3) is 0 Å². The van der Waals surface area contributed by atoms with E-state index in [1.54, 1.807) is 7.11 Å². The van der Waals surface area contributed by atoms with Gasteiger partial charge in [-0.1, -0.05) is 18.2 Å². The molecule has 0 atom stereocenters. The lowest BCUT2D eigenvalue weighted by atomic mass is 10.0. The summed E-state index contributed by atoms with van der Waals surface area (Å²) in [6, 6.07) is 8.43. The fourth-order valence-electron chi connectivity index (χ4n) is 2.22. The van der Waals surface area contributed by atoms with Gasteiger partial charge in [0.05, 0.1) is 12.3 Å². The largest absolute Gasteiger partial charge is 0.378 e. The van der Waals surface area contributed by atoms with E-state index in [-0.39, 0.29) is 0 Å². The Hall–Kier alpha value is -1.94. The number of aryl methyl sites for hydroxylation is 2. The van der Waals surface area contributed by atoms with Crippen molar-refractivity contribution in [1.82, 2.24) is 9.97 Å². The summed E-state index contributed by atoms with van der Waals surface area (Å²) in [5.74, 6) is 1.68. The van der Waals surface area contributed by atoms with Gasteiger partial charge >= 0.3 is 0 Å². The summed E-state index contributed by atoms with van der Waals surface area (Å²) < 4.78 is 5.18. The lowest BCUT2D eigenvalue weighted by molar-refractivity contribution is 0.181. The van der Waals surface area contributed by atoms with E-state index in [4.69, 9.17) is 4.74 Å². The SMILES string of the molecule is CCNc1cc(COC)nc(Cc2ccc(C)c(C)c2)n1. The van der Waals surface area contributed by atoms with Crippen LogP contribution in [-0.2, 0) is 17.8 Å². The van der Waals surface area contributed by atoms with Gasteiger partial charge in [-0.15, -0.1) is 0 Å². The third-order valence-corrected chi connectivity index (χ3v) is 3.41. The van der Waals surface area contributed by atoms with Gasteiger partial charge in [-0.2, -0.15) is 0 Å².